The largest absolute Gasteiger partial charge is 0.349 e. The summed E-state index contributed by atoms with van der Waals surface area (Å²) in [6.45, 7) is 7.44. The molecule has 0 radical (unpaired) electrons. The molecule has 4 atom stereocenters. The molecule has 1 saturated heterocycles. The fourth-order valence-corrected chi connectivity index (χ4v) is 7.34. The summed E-state index contributed by atoms with van der Waals surface area (Å²) in [5, 5.41) is 5.11. The summed E-state index contributed by atoms with van der Waals surface area (Å²) >= 11 is 1.52. The number of fused-ring (bicyclic) bond motifs is 2. The predicted octanol–water partition coefficient (Wildman–Crippen LogP) is 5.60. The molecule has 37 heavy (non-hydrogen) atoms. The maximum atomic E-state index is 14.1. The first-order valence-corrected chi connectivity index (χ1v) is 14.0. The molecular weight excluding hydrogens is 480 g/mol. The van der Waals surface area contributed by atoms with Gasteiger partial charge in [0.25, 0.3) is 11.8 Å². The van der Waals surface area contributed by atoms with E-state index in [1.165, 1.54) is 16.9 Å². The third kappa shape index (κ3) is 4.25. The summed E-state index contributed by atoms with van der Waals surface area (Å²) in [5.41, 5.74) is 5.21. The molecule has 190 valence electrons. The van der Waals surface area contributed by atoms with Crippen molar-refractivity contribution >= 4 is 28.1 Å². The maximum absolute atomic E-state index is 14.1. The molecule has 1 N–H and O–H groups in total. The van der Waals surface area contributed by atoms with E-state index in [2.05, 4.69) is 42.3 Å². The van der Waals surface area contributed by atoms with Gasteiger partial charge in [-0.05, 0) is 61.6 Å². The molecule has 1 saturated carbocycles. The number of carbonyl (C=O) groups excluding carboxylic acids is 2. The molecule has 6 rings (SSSR count). The van der Waals surface area contributed by atoms with E-state index in [1.54, 1.807) is 0 Å². The summed E-state index contributed by atoms with van der Waals surface area (Å²) in [7, 11) is 0. The number of hydrogen-bond acceptors (Lipinski definition) is 4. The quantitative estimate of drug-likeness (QED) is 0.379. The Bertz CT molecular complexity index is 1490. The van der Waals surface area contributed by atoms with Gasteiger partial charge in [0.2, 0.25) is 0 Å². The highest BCUT2D eigenvalue weighted by molar-refractivity contribution is 7.15. The van der Waals surface area contributed by atoms with E-state index in [9.17, 15) is 9.59 Å². The molecule has 1 aliphatic carbocycles. The molecule has 3 heterocycles. The number of carbonyl (C=O) groups is 2. The Morgan fingerprint density at radius 3 is 2.78 bits per heavy atom. The van der Waals surface area contributed by atoms with Crippen LogP contribution in [0.25, 0.3) is 16.1 Å². The van der Waals surface area contributed by atoms with Gasteiger partial charge in [-0.25, -0.2) is 4.98 Å². The average Bonchev–Trinajstić information content (AvgIpc) is 3.62. The summed E-state index contributed by atoms with van der Waals surface area (Å²) in [4.78, 5) is 34.8. The van der Waals surface area contributed by atoms with E-state index in [0.29, 0.717) is 30.0 Å². The highest BCUT2D eigenvalue weighted by atomic mass is 32.1. The number of aromatic nitrogens is 2. The molecule has 2 aliphatic rings. The Hall–Kier alpha value is -3.45. The standard InChI is InChI=1S/C30H32N4O2S/c1-18-7-6-8-21(13-18)23-9-4-5-10-24(23)29(36)34-17-22-14-19(2)15-25(22)26(34)16-31-28(35)27-20(3)32-30-33(27)11-12-37-30/h4-13,19,22,25-26H,14-17H2,1-3H3,(H,31,35)/t19?,22?,25-,26+/m0/s1. The minimum atomic E-state index is -0.134. The van der Waals surface area contributed by atoms with Crippen LogP contribution in [-0.2, 0) is 0 Å². The van der Waals surface area contributed by atoms with Crippen LogP contribution in [0, 0.1) is 31.6 Å². The SMILES string of the molecule is Cc1cccc(-c2ccccc2C(=O)N2CC3CC(C)C[C@@H]3[C@H]2CNC(=O)c2c(C)nc3sccn23)c1. The number of hydrogen-bond donors (Lipinski definition) is 1. The Labute approximate surface area is 221 Å². The third-order valence-corrected chi connectivity index (χ3v) is 8.94. The van der Waals surface area contributed by atoms with Gasteiger partial charge in [-0.1, -0.05) is 55.0 Å². The molecule has 2 aromatic heterocycles. The van der Waals surface area contributed by atoms with Gasteiger partial charge in [0.05, 0.1) is 11.7 Å². The summed E-state index contributed by atoms with van der Waals surface area (Å²) in [5.74, 6) is 1.45. The molecule has 2 aromatic carbocycles. The molecule has 0 spiro atoms. The van der Waals surface area contributed by atoms with Gasteiger partial charge >= 0.3 is 0 Å². The topological polar surface area (TPSA) is 66.7 Å². The fraction of sp³-hybridized carbons (Fsp3) is 0.367. The predicted molar refractivity (Wildman–Crippen MR) is 147 cm³/mol. The first-order valence-electron chi connectivity index (χ1n) is 13.1. The van der Waals surface area contributed by atoms with Crippen molar-refractivity contribution in [3.05, 3.63) is 82.6 Å². The zero-order valence-corrected chi connectivity index (χ0v) is 22.3. The number of likely N-dealkylation sites (tertiary alicyclic amines) is 1. The third-order valence-electron chi connectivity index (χ3n) is 8.18. The molecule has 7 heteroatoms. The molecule has 6 nitrogen and oxygen atoms in total. The second-order valence-corrected chi connectivity index (χ2v) is 11.6. The monoisotopic (exact) mass is 512 g/mol. The van der Waals surface area contributed by atoms with E-state index in [-0.39, 0.29) is 17.9 Å². The number of benzene rings is 2. The molecule has 2 amide bonds. The second kappa shape index (κ2) is 9.45. The second-order valence-electron chi connectivity index (χ2n) is 10.8. The first kappa shape index (κ1) is 23.9. The van der Waals surface area contributed by atoms with Gasteiger partial charge in [-0.15, -0.1) is 11.3 Å². The smallest absolute Gasteiger partial charge is 0.270 e. The molecule has 0 bridgehead atoms. The number of amides is 2. The summed E-state index contributed by atoms with van der Waals surface area (Å²) in [6, 6.07) is 16.2. The molecule has 2 fully saturated rings. The number of imidazole rings is 1. The summed E-state index contributed by atoms with van der Waals surface area (Å²) < 4.78 is 1.85. The maximum Gasteiger partial charge on any atom is 0.270 e. The van der Waals surface area contributed by atoms with Crippen molar-refractivity contribution in [2.75, 3.05) is 13.1 Å². The van der Waals surface area contributed by atoms with E-state index in [0.717, 1.165) is 46.7 Å². The zero-order chi connectivity index (χ0) is 25.7. The van der Waals surface area contributed by atoms with Crippen LogP contribution in [0.4, 0.5) is 0 Å². The van der Waals surface area contributed by atoms with Gasteiger partial charge in [0, 0.05) is 30.2 Å². The van der Waals surface area contributed by atoms with Crippen LogP contribution in [0.1, 0.15) is 51.9 Å². The van der Waals surface area contributed by atoms with Crippen LogP contribution in [0.2, 0.25) is 0 Å². The van der Waals surface area contributed by atoms with E-state index in [4.69, 9.17) is 0 Å². The van der Waals surface area contributed by atoms with Crippen LogP contribution in [0.5, 0.6) is 0 Å². The highest BCUT2D eigenvalue weighted by Crippen LogP contribution is 2.45. The lowest BCUT2D eigenvalue weighted by Gasteiger charge is -2.29. The lowest BCUT2D eigenvalue weighted by atomic mass is 9.93. The zero-order valence-electron chi connectivity index (χ0n) is 21.5. The van der Waals surface area contributed by atoms with E-state index >= 15 is 0 Å². The van der Waals surface area contributed by atoms with E-state index < -0.39 is 0 Å². The number of rotatable bonds is 5. The van der Waals surface area contributed by atoms with Crippen molar-refractivity contribution in [3.63, 3.8) is 0 Å². The van der Waals surface area contributed by atoms with Crippen LogP contribution >= 0.6 is 11.3 Å². The van der Waals surface area contributed by atoms with Crippen molar-refractivity contribution in [1.29, 1.82) is 0 Å². The van der Waals surface area contributed by atoms with Gasteiger partial charge < -0.3 is 10.2 Å². The van der Waals surface area contributed by atoms with Crippen LogP contribution in [0.3, 0.4) is 0 Å². The number of thiazole rings is 1. The lowest BCUT2D eigenvalue weighted by molar-refractivity contribution is 0.0697. The average molecular weight is 513 g/mol. The van der Waals surface area contributed by atoms with Crippen LogP contribution in [0.15, 0.2) is 60.1 Å². The van der Waals surface area contributed by atoms with Crippen molar-refractivity contribution in [2.24, 2.45) is 17.8 Å². The van der Waals surface area contributed by atoms with Gasteiger partial charge in [0.15, 0.2) is 4.96 Å². The van der Waals surface area contributed by atoms with Gasteiger partial charge in [-0.3, -0.25) is 14.0 Å². The fourth-order valence-electron chi connectivity index (χ4n) is 6.58. The first-order chi connectivity index (χ1) is 17.9. The normalized spacial score (nSPS) is 22.9. The Morgan fingerprint density at radius 2 is 1.95 bits per heavy atom. The molecule has 4 aromatic rings. The van der Waals surface area contributed by atoms with Crippen LogP contribution in [-0.4, -0.2) is 45.2 Å². The van der Waals surface area contributed by atoms with Crippen molar-refractivity contribution in [2.45, 2.75) is 39.7 Å². The lowest BCUT2D eigenvalue weighted by Crippen LogP contribution is -2.46. The Morgan fingerprint density at radius 1 is 1.11 bits per heavy atom. The molecular formula is C30H32N4O2S. The molecule has 1 aliphatic heterocycles. The Balaban J connectivity index is 1.28. The Kier molecular flexibility index (Phi) is 6.11. The van der Waals surface area contributed by atoms with Crippen LogP contribution < -0.4 is 5.32 Å². The number of nitrogens with zero attached hydrogens (tertiary/aromatic N) is 3. The van der Waals surface area contributed by atoms with Crippen molar-refractivity contribution in [3.8, 4) is 11.1 Å². The minimum absolute atomic E-state index is 0.0249. The summed E-state index contributed by atoms with van der Waals surface area (Å²) in [6.07, 6.45) is 4.11. The van der Waals surface area contributed by atoms with Crippen molar-refractivity contribution < 1.29 is 9.59 Å². The number of aryl methyl sites for hydroxylation is 2. The minimum Gasteiger partial charge on any atom is -0.349 e. The van der Waals surface area contributed by atoms with Gasteiger partial charge in [0.1, 0.15) is 5.69 Å². The van der Waals surface area contributed by atoms with Crippen molar-refractivity contribution in [1.82, 2.24) is 19.6 Å². The highest BCUT2D eigenvalue weighted by Gasteiger charge is 2.48. The molecule has 2 unspecified atom stereocenters. The number of nitrogens with one attached hydrogen (secondary N) is 1. The van der Waals surface area contributed by atoms with E-state index in [1.807, 2.05) is 58.1 Å². The van der Waals surface area contributed by atoms with Gasteiger partial charge in [-0.2, -0.15) is 0 Å².